The van der Waals surface area contributed by atoms with E-state index in [0.29, 0.717) is 16.9 Å². The average molecular weight is 505 g/mol. The highest BCUT2D eigenvalue weighted by molar-refractivity contribution is 7.92. The van der Waals surface area contributed by atoms with Gasteiger partial charge in [-0.3, -0.25) is 9.10 Å². The summed E-state index contributed by atoms with van der Waals surface area (Å²) in [6.07, 6.45) is -0.938. The largest absolute Gasteiger partial charge is 0.416 e. The lowest BCUT2D eigenvalue weighted by atomic mass is 9.99. The van der Waals surface area contributed by atoms with Gasteiger partial charge in [-0.05, 0) is 42.7 Å². The Morgan fingerprint density at radius 2 is 1.79 bits per heavy atom. The summed E-state index contributed by atoms with van der Waals surface area (Å²) in [7, 11) is -4.37. The van der Waals surface area contributed by atoms with Gasteiger partial charge < -0.3 is 5.32 Å². The minimum absolute atomic E-state index is 0.166. The molecule has 1 amide bonds. The van der Waals surface area contributed by atoms with Gasteiger partial charge in [-0.25, -0.2) is 8.42 Å². The Labute approximate surface area is 198 Å². The Morgan fingerprint density at radius 1 is 1.12 bits per heavy atom. The quantitative estimate of drug-likeness (QED) is 0.415. The lowest BCUT2D eigenvalue weighted by Gasteiger charge is -2.26. The number of rotatable bonds is 11. The summed E-state index contributed by atoms with van der Waals surface area (Å²) >= 11 is 6.12. The molecular formula is C23H28ClF3N2O3S. The lowest BCUT2D eigenvalue weighted by Crippen LogP contribution is -2.42. The summed E-state index contributed by atoms with van der Waals surface area (Å²) in [6, 6.07) is 9.57. The first kappa shape index (κ1) is 27.0. The number of hydrogen-bond donors (Lipinski definition) is 1. The molecule has 182 valence electrons. The Morgan fingerprint density at radius 3 is 2.36 bits per heavy atom. The van der Waals surface area contributed by atoms with E-state index in [-0.39, 0.29) is 15.8 Å². The van der Waals surface area contributed by atoms with Gasteiger partial charge in [0.15, 0.2) is 0 Å². The molecule has 0 radical (unpaired) electrons. The van der Waals surface area contributed by atoms with E-state index >= 15 is 0 Å². The molecule has 2 rings (SSSR count). The third-order valence-electron chi connectivity index (χ3n) is 5.29. The fourth-order valence-corrected chi connectivity index (χ4v) is 5.01. The number of alkyl halides is 3. The van der Waals surface area contributed by atoms with Crippen LogP contribution in [0.5, 0.6) is 0 Å². The van der Waals surface area contributed by atoms with Crippen LogP contribution in [0.1, 0.15) is 45.1 Å². The SMILES string of the molecule is CCCC[C@H](CC)CNC(=O)CN(c1cc(C(F)(F)F)ccc1Cl)S(=O)(=O)c1ccccc1. The van der Waals surface area contributed by atoms with E-state index in [1.54, 1.807) is 6.07 Å². The Balaban J connectivity index is 2.40. The van der Waals surface area contributed by atoms with Gasteiger partial charge in [-0.2, -0.15) is 13.2 Å². The van der Waals surface area contributed by atoms with E-state index in [0.717, 1.165) is 37.8 Å². The number of carbonyl (C=O) groups excluding carboxylic acids is 1. The molecule has 0 aliphatic rings. The molecule has 0 saturated heterocycles. The van der Waals surface area contributed by atoms with Crippen molar-refractivity contribution in [2.24, 2.45) is 5.92 Å². The molecule has 0 heterocycles. The van der Waals surface area contributed by atoms with Crippen molar-refractivity contribution >= 4 is 33.2 Å². The fraction of sp³-hybridized carbons (Fsp3) is 0.435. The molecule has 10 heteroatoms. The molecule has 5 nitrogen and oxygen atoms in total. The highest BCUT2D eigenvalue weighted by Crippen LogP contribution is 2.37. The van der Waals surface area contributed by atoms with Crippen molar-refractivity contribution in [2.75, 3.05) is 17.4 Å². The second-order valence-corrected chi connectivity index (χ2v) is 9.98. The van der Waals surface area contributed by atoms with Gasteiger partial charge in [-0.15, -0.1) is 0 Å². The zero-order valence-electron chi connectivity index (χ0n) is 18.5. The molecule has 2 aromatic rings. The Kier molecular flexibility index (Phi) is 9.60. The van der Waals surface area contributed by atoms with Crippen LogP contribution in [0, 0.1) is 5.92 Å². The normalized spacial score (nSPS) is 12.9. The number of amides is 1. The predicted molar refractivity (Wildman–Crippen MR) is 124 cm³/mol. The van der Waals surface area contributed by atoms with E-state index in [1.807, 2.05) is 6.92 Å². The number of anilines is 1. The molecule has 1 N–H and O–H groups in total. The first-order valence-electron chi connectivity index (χ1n) is 10.7. The van der Waals surface area contributed by atoms with E-state index in [4.69, 9.17) is 11.6 Å². The van der Waals surface area contributed by atoms with Crippen LogP contribution in [-0.2, 0) is 21.0 Å². The molecule has 0 fully saturated rings. The molecule has 0 aromatic heterocycles. The second kappa shape index (κ2) is 11.7. The zero-order valence-corrected chi connectivity index (χ0v) is 20.1. The summed E-state index contributed by atoms with van der Waals surface area (Å²) < 4.78 is 67.2. The highest BCUT2D eigenvalue weighted by Gasteiger charge is 2.34. The summed E-state index contributed by atoms with van der Waals surface area (Å²) in [4.78, 5) is 12.5. The number of nitrogens with one attached hydrogen (secondary N) is 1. The number of sulfonamides is 1. The summed E-state index contributed by atoms with van der Waals surface area (Å²) in [5, 5.41) is 2.50. The van der Waals surface area contributed by atoms with Crippen LogP contribution < -0.4 is 9.62 Å². The van der Waals surface area contributed by atoms with Crippen molar-refractivity contribution in [3.05, 3.63) is 59.1 Å². The zero-order chi connectivity index (χ0) is 24.6. The van der Waals surface area contributed by atoms with Crippen LogP contribution in [0.4, 0.5) is 18.9 Å². The predicted octanol–water partition coefficient (Wildman–Crippen LogP) is 5.89. The van der Waals surface area contributed by atoms with Gasteiger partial charge in [0.1, 0.15) is 6.54 Å². The average Bonchev–Trinajstić information content (AvgIpc) is 2.78. The number of benzene rings is 2. The Hall–Kier alpha value is -2.26. The van der Waals surface area contributed by atoms with Gasteiger partial charge in [0.25, 0.3) is 10.0 Å². The molecule has 0 bridgehead atoms. The van der Waals surface area contributed by atoms with Crippen molar-refractivity contribution in [1.82, 2.24) is 5.32 Å². The third kappa shape index (κ3) is 7.37. The molecule has 33 heavy (non-hydrogen) atoms. The maximum atomic E-state index is 13.3. The smallest absolute Gasteiger partial charge is 0.354 e. The van der Waals surface area contributed by atoms with Crippen molar-refractivity contribution in [1.29, 1.82) is 0 Å². The van der Waals surface area contributed by atoms with Gasteiger partial charge in [0.05, 0.1) is 21.2 Å². The number of halogens is 4. The van der Waals surface area contributed by atoms with Crippen LogP contribution in [0.15, 0.2) is 53.4 Å². The van der Waals surface area contributed by atoms with E-state index in [2.05, 4.69) is 12.2 Å². The first-order valence-corrected chi connectivity index (χ1v) is 12.5. The highest BCUT2D eigenvalue weighted by atomic mass is 35.5. The van der Waals surface area contributed by atoms with Crippen LogP contribution in [0.25, 0.3) is 0 Å². The maximum absolute atomic E-state index is 13.3. The monoisotopic (exact) mass is 504 g/mol. The molecule has 0 saturated carbocycles. The van der Waals surface area contributed by atoms with E-state index in [1.165, 1.54) is 24.3 Å². The number of hydrogen-bond acceptors (Lipinski definition) is 3. The summed E-state index contributed by atoms with van der Waals surface area (Å²) in [5.74, 6) is -0.400. The van der Waals surface area contributed by atoms with Gasteiger partial charge in [0.2, 0.25) is 5.91 Å². The number of carbonyl (C=O) groups is 1. The van der Waals surface area contributed by atoms with Crippen LogP contribution >= 0.6 is 11.6 Å². The standard InChI is InChI=1S/C23H28ClF3N2O3S/c1-3-5-9-17(4-2)15-28-22(30)16-29(33(31,32)19-10-7-6-8-11-19)21-14-18(23(25,26)27)12-13-20(21)24/h6-8,10-14,17H,3-5,9,15-16H2,1-2H3,(H,28,30)/t17-/m0/s1. The minimum Gasteiger partial charge on any atom is -0.354 e. The lowest BCUT2D eigenvalue weighted by molar-refractivity contribution is -0.137. The van der Waals surface area contributed by atoms with Crippen molar-refractivity contribution in [3.63, 3.8) is 0 Å². The molecule has 2 aromatic carbocycles. The number of nitrogens with zero attached hydrogens (tertiary/aromatic N) is 1. The van der Waals surface area contributed by atoms with Gasteiger partial charge >= 0.3 is 6.18 Å². The fourth-order valence-electron chi connectivity index (χ4n) is 3.29. The third-order valence-corrected chi connectivity index (χ3v) is 7.39. The molecule has 0 aliphatic heterocycles. The van der Waals surface area contributed by atoms with Gasteiger partial charge in [-0.1, -0.05) is 62.9 Å². The van der Waals surface area contributed by atoms with Crippen molar-refractivity contribution in [3.8, 4) is 0 Å². The summed E-state index contributed by atoms with van der Waals surface area (Å²) in [5.41, 5.74) is -1.48. The Bertz CT molecular complexity index is 1030. The van der Waals surface area contributed by atoms with Gasteiger partial charge in [0, 0.05) is 6.54 Å². The van der Waals surface area contributed by atoms with Crippen LogP contribution in [0.3, 0.4) is 0 Å². The topological polar surface area (TPSA) is 66.5 Å². The number of unbranched alkanes of at least 4 members (excludes halogenated alkanes) is 1. The molecule has 1 atom stereocenters. The van der Waals surface area contributed by atoms with E-state index in [9.17, 15) is 26.4 Å². The first-order chi connectivity index (χ1) is 15.5. The molecule has 0 spiro atoms. The minimum atomic E-state index is -4.71. The van der Waals surface area contributed by atoms with Crippen LogP contribution in [-0.4, -0.2) is 27.4 Å². The van der Waals surface area contributed by atoms with Crippen molar-refractivity contribution < 1.29 is 26.4 Å². The molecular weight excluding hydrogens is 477 g/mol. The second-order valence-electron chi connectivity index (χ2n) is 7.71. The maximum Gasteiger partial charge on any atom is 0.416 e. The summed E-state index contributed by atoms with van der Waals surface area (Å²) in [6.45, 7) is 3.71. The van der Waals surface area contributed by atoms with Crippen molar-refractivity contribution in [2.45, 2.75) is 50.6 Å². The molecule has 0 aliphatic carbocycles. The van der Waals surface area contributed by atoms with Crippen LogP contribution in [0.2, 0.25) is 5.02 Å². The van der Waals surface area contributed by atoms with E-state index < -0.39 is 39.9 Å². The molecule has 0 unspecified atom stereocenters.